The second kappa shape index (κ2) is 7.80. The molecule has 28 heavy (non-hydrogen) atoms. The first-order valence-corrected chi connectivity index (χ1v) is 11.5. The molecular formula is C20H31BO6S. The molecule has 0 saturated carbocycles. The summed E-state index contributed by atoms with van der Waals surface area (Å²) in [5, 5.41) is 9.64. The van der Waals surface area contributed by atoms with Crippen molar-refractivity contribution in [1.82, 2.24) is 0 Å². The number of sulfone groups is 1. The van der Waals surface area contributed by atoms with Crippen LogP contribution in [0.25, 0.3) is 0 Å². The van der Waals surface area contributed by atoms with E-state index in [0.29, 0.717) is 12.8 Å². The molecule has 0 amide bonds. The van der Waals surface area contributed by atoms with Crippen LogP contribution in [0.15, 0.2) is 24.3 Å². The fraction of sp³-hybridized carbons (Fsp3) is 0.650. The van der Waals surface area contributed by atoms with Crippen molar-refractivity contribution < 1.29 is 27.6 Å². The van der Waals surface area contributed by atoms with Gasteiger partial charge >= 0.3 is 13.1 Å². The molecule has 2 rings (SSSR count). The minimum absolute atomic E-state index is 0.0465. The molecule has 8 heteroatoms. The normalized spacial score (nSPS) is 20.7. The SMILES string of the molecule is CCC[C@@](CCc1ccc(B2OC(C)(C)C(C)(C)O2)cc1)(C(=O)O)S(C)(=O)=O. The van der Waals surface area contributed by atoms with Crippen LogP contribution in [-0.4, -0.2) is 48.8 Å². The first-order chi connectivity index (χ1) is 12.8. The number of hydrogen-bond donors (Lipinski definition) is 1. The molecule has 0 aromatic heterocycles. The van der Waals surface area contributed by atoms with Gasteiger partial charge in [0.2, 0.25) is 0 Å². The Hall–Kier alpha value is -1.38. The molecular weight excluding hydrogens is 379 g/mol. The Morgan fingerprint density at radius 1 is 1.07 bits per heavy atom. The molecule has 156 valence electrons. The number of hydrogen-bond acceptors (Lipinski definition) is 5. The van der Waals surface area contributed by atoms with Crippen molar-refractivity contribution in [2.24, 2.45) is 0 Å². The third-order valence-electron chi connectivity index (χ3n) is 6.08. The molecule has 1 aromatic rings. The van der Waals surface area contributed by atoms with E-state index in [1.54, 1.807) is 6.92 Å². The molecule has 6 nitrogen and oxygen atoms in total. The van der Waals surface area contributed by atoms with Crippen LogP contribution in [0.2, 0.25) is 0 Å². The predicted molar refractivity (Wildman–Crippen MR) is 111 cm³/mol. The maximum Gasteiger partial charge on any atom is 0.494 e. The highest BCUT2D eigenvalue weighted by Gasteiger charge is 2.51. The minimum atomic E-state index is -3.74. The van der Waals surface area contributed by atoms with E-state index in [9.17, 15) is 18.3 Å². The van der Waals surface area contributed by atoms with Crippen LogP contribution in [0.5, 0.6) is 0 Å². The van der Waals surface area contributed by atoms with Crippen LogP contribution >= 0.6 is 0 Å². The highest BCUT2D eigenvalue weighted by atomic mass is 32.2. The Morgan fingerprint density at radius 3 is 1.96 bits per heavy atom. The first kappa shape index (κ1) is 22.9. The molecule has 0 radical (unpaired) electrons. The minimum Gasteiger partial charge on any atom is -0.480 e. The smallest absolute Gasteiger partial charge is 0.480 e. The summed E-state index contributed by atoms with van der Waals surface area (Å²) in [5.74, 6) is -1.27. The Kier molecular flexibility index (Phi) is 6.38. The van der Waals surface area contributed by atoms with Gasteiger partial charge in [0.1, 0.15) is 0 Å². The van der Waals surface area contributed by atoms with Gasteiger partial charge in [0.25, 0.3) is 0 Å². The zero-order valence-electron chi connectivity index (χ0n) is 17.6. The number of carbonyl (C=O) groups is 1. The Bertz CT molecular complexity index is 800. The van der Waals surface area contributed by atoms with Gasteiger partial charge in [-0.15, -0.1) is 0 Å². The van der Waals surface area contributed by atoms with Gasteiger partial charge in [-0.3, -0.25) is 4.79 Å². The molecule has 1 aliphatic rings. The van der Waals surface area contributed by atoms with Crippen molar-refractivity contribution in [1.29, 1.82) is 0 Å². The van der Waals surface area contributed by atoms with Gasteiger partial charge in [0.15, 0.2) is 14.6 Å². The molecule has 1 aliphatic heterocycles. The molecule has 0 spiro atoms. The number of benzene rings is 1. The number of aliphatic carboxylic acids is 1. The van der Waals surface area contributed by atoms with E-state index in [1.165, 1.54) is 0 Å². The van der Waals surface area contributed by atoms with Crippen molar-refractivity contribution in [3.8, 4) is 0 Å². The zero-order valence-corrected chi connectivity index (χ0v) is 18.4. The second-order valence-electron chi connectivity index (χ2n) is 8.65. The van der Waals surface area contributed by atoms with Crippen molar-refractivity contribution in [2.75, 3.05) is 6.26 Å². The van der Waals surface area contributed by atoms with Crippen molar-refractivity contribution >= 4 is 28.4 Å². The van der Waals surface area contributed by atoms with E-state index >= 15 is 0 Å². The maximum atomic E-state index is 12.2. The fourth-order valence-electron chi connectivity index (χ4n) is 3.44. The average molecular weight is 410 g/mol. The van der Waals surface area contributed by atoms with Gasteiger partial charge in [0.05, 0.1) is 11.2 Å². The van der Waals surface area contributed by atoms with Crippen LogP contribution in [0.4, 0.5) is 0 Å². The lowest BCUT2D eigenvalue weighted by Gasteiger charge is -2.32. The zero-order chi connectivity index (χ0) is 21.4. The number of rotatable bonds is 8. The summed E-state index contributed by atoms with van der Waals surface area (Å²) >= 11 is 0. The van der Waals surface area contributed by atoms with Gasteiger partial charge in [-0.1, -0.05) is 37.6 Å². The van der Waals surface area contributed by atoms with Gasteiger partial charge in [0, 0.05) is 6.26 Å². The quantitative estimate of drug-likeness (QED) is 0.663. The lowest BCUT2D eigenvalue weighted by Crippen LogP contribution is -2.46. The molecule has 1 atom stereocenters. The van der Waals surface area contributed by atoms with Crippen LogP contribution < -0.4 is 5.46 Å². The van der Waals surface area contributed by atoms with E-state index in [4.69, 9.17) is 9.31 Å². The van der Waals surface area contributed by atoms with E-state index in [1.807, 2.05) is 52.0 Å². The molecule has 1 fully saturated rings. The summed E-state index contributed by atoms with van der Waals surface area (Å²) in [6, 6.07) is 7.53. The molecule has 1 aromatic carbocycles. The van der Waals surface area contributed by atoms with Gasteiger partial charge in [-0.25, -0.2) is 8.42 Å². The standard InChI is InChI=1S/C20H31BO6S/c1-7-13-20(17(22)23,28(6,24)25)14-12-15-8-10-16(11-9-15)21-26-18(2,3)19(4,5)27-21/h8-11H,7,12-14H2,1-6H3,(H,22,23)/t20-/m1/s1. The Morgan fingerprint density at radius 2 is 1.57 bits per heavy atom. The van der Waals surface area contributed by atoms with Crippen molar-refractivity contribution in [2.45, 2.75) is 76.3 Å². The maximum absolute atomic E-state index is 12.2. The van der Waals surface area contributed by atoms with Crippen molar-refractivity contribution in [3.63, 3.8) is 0 Å². The lowest BCUT2D eigenvalue weighted by atomic mass is 9.78. The summed E-state index contributed by atoms with van der Waals surface area (Å²) in [7, 11) is -4.21. The van der Waals surface area contributed by atoms with Gasteiger partial charge < -0.3 is 14.4 Å². The summed E-state index contributed by atoms with van der Waals surface area (Å²) in [6.07, 6.45) is 2.01. The fourth-order valence-corrected chi connectivity index (χ4v) is 4.80. The number of aryl methyl sites for hydroxylation is 1. The average Bonchev–Trinajstić information content (AvgIpc) is 2.78. The first-order valence-electron chi connectivity index (χ1n) is 9.63. The number of carboxylic acids is 1. The third-order valence-corrected chi connectivity index (χ3v) is 8.08. The Labute approximate surface area is 168 Å². The monoisotopic (exact) mass is 410 g/mol. The Balaban J connectivity index is 2.15. The molecule has 1 saturated heterocycles. The van der Waals surface area contributed by atoms with Gasteiger partial charge in [-0.2, -0.15) is 0 Å². The molecule has 1 heterocycles. The molecule has 0 bridgehead atoms. The topological polar surface area (TPSA) is 89.9 Å². The van der Waals surface area contributed by atoms with E-state index in [-0.39, 0.29) is 12.8 Å². The highest BCUT2D eigenvalue weighted by molar-refractivity contribution is 7.92. The molecule has 0 aliphatic carbocycles. The lowest BCUT2D eigenvalue weighted by molar-refractivity contribution is -0.140. The number of carboxylic acid groups (broad SMARTS) is 1. The van der Waals surface area contributed by atoms with E-state index < -0.39 is 38.9 Å². The van der Waals surface area contributed by atoms with Crippen LogP contribution in [0.1, 0.15) is 59.4 Å². The molecule has 1 N–H and O–H groups in total. The van der Waals surface area contributed by atoms with Gasteiger partial charge in [-0.05, 0) is 58.0 Å². The van der Waals surface area contributed by atoms with Crippen LogP contribution in [-0.2, 0) is 30.4 Å². The highest BCUT2D eigenvalue weighted by Crippen LogP contribution is 2.36. The predicted octanol–water partition coefficient (Wildman–Crippen LogP) is 2.59. The van der Waals surface area contributed by atoms with Crippen LogP contribution in [0, 0.1) is 0 Å². The summed E-state index contributed by atoms with van der Waals surface area (Å²) in [6.45, 7) is 9.76. The van der Waals surface area contributed by atoms with Crippen molar-refractivity contribution in [3.05, 3.63) is 29.8 Å². The largest absolute Gasteiger partial charge is 0.494 e. The summed E-state index contributed by atoms with van der Waals surface area (Å²) in [4.78, 5) is 11.8. The molecule has 0 unspecified atom stereocenters. The third kappa shape index (κ3) is 4.29. The van der Waals surface area contributed by atoms with Crippen LogP contribution in [0.3, 0.4) is 0 Å². The summed E-state index contributed by atoms with van der Waals surface area (Å²) in [5.41, 5.74) is 0.911. The van der Waals surface area contributed by atoms with E-state index in [0.717, 1.165) is 17.3 Å². The van der Waals surface area contributed by atoms with E-state index in [2.05, 4.69) is 0 Å². The second-order valence-corrected chi connectivity index (χ2v) is 11.0. The summed E-state index contributed by atoms with van der Waals surface area (Å²) < 4.78 is 34.8.